The van der Waals surface area contributed by atoms with Gasteiger partial charge in [0, 0.05) is 16.7 Å². The number of aromatic amines is 1. The van der Waals surface area contributed by atoms with Gasteiger partial charge in [-0.05, 0) is 23.8 Å². The third kappa shape index (κ3) is 3.67. The number of hydrazone groups is 1. The van der Waals surface area contributed by atoms with Gasteiger partial charge in [-0.15, -0.1) is 9.61 Å². The molecule has 2 N–H and O–H groups in total. The van der Waals surface area contributed by atoms with Crippen LogP contribution < -0.4 is 14.7 Å². The van der Waals surface area contributed by atoms with Crippen molar-refractivity contribution in [3.05, 3.63) is 84.2 Å². The van der Waals surface area contributed by atoms with Gasteiger partial charge in [-0.1, -0.05) is 47.6 Å². The third-order valence-corrected chi connectivity index (χ3v) is 3.74. The van der Waals surface area contributed by atoms with Crippen LogP contribution in [-0.2, 0) is 6.61 Å². The molecule has 0 saturated heterocycles. The first kappa shape index (κ1) is 15.8. The summed E-state index contributed by atoms with van der Waals surface area (Å²) in [6.45, 7) is 0.508. The molecule has 0 radical (unpaired) electrons. The van der Waals surface area contributed by atoms with Crippen LogP contribution in [0.5, 0.6) is 5.75 Å². The lowest BCUT2D eigenvalue weighted by molar-refractivity contribution is -0.579. The molecule has 2 aromatic heterocycles. The van der Waals surface area contributed by atoms with Crippen molar-refractivity contribution >= 4 is 17.7 Å². The summed E-state index contributed by atoms with van der Waals surface area (Å²) < 4.78 is 7.56. The number of anilines is 1. The van der Waals surface area contributed by atoms with Crippen molar-refractivity contribution in [1.82, 2.24) is 15.3 Å². The molecule has 0 aliphatic heterocycles. The van der Waals surface area contributed by atoms with E-state index in [2.05, 4.69) is 25.8 Å². The Hall–Kier alpha value is -3.74. The largest absolute Gasteiger partial charge is 0.488 e. The number of nitrogens with one attached hydrogen (secondary N) is 2. The molecule has 0 spiro atoms. The molecule has 0 aliphatic carbocycles. The average Bonchev–Trinajstić information content (AvgIpc) is 3.16. The summed E-state index contributed by atoms with van der Waals surface area (Å²) in [5.74, 6) is 1.39. The maximum Gasteiger partial charge on any atom is 0.325 e. The van der Waals surface area contributed by atoms with Crippen LogP contribution in [0.25, 0.3) is 5.65 Å². The Labute approximate surface area is 150 Å². The minimum Gasteiger partial charge on any atom is -0.488 e. The maximum absolute atomic E-state index is 5.92. The van der Waals surface area contributed by atoms with E-state index in [-0.39, 0.29) is 0 Å². The highest BCUT2D eigenvalue weighted by molar-refractivity contribution is 5.83. The number of rotatable bonds is 6. The number of ether oxygens (including phenoxy) is 1. The molecule has 4 aromatic rings. The predicted molar refractivity (Wildman–Crippen MR) is 98.0 cm³/mol. The van der Waals surface area contributed by atoms with E-state index >= 15 is 0 Å². The fourth-order valence-corrected chi connectivity index (χ4v) is 2.45. The first-order valence-corrected chi connectivity index (χ1v) is 8.16. The molecular weight excluding hydrogens is 328 g/mol. The van der Waals surface area contributed by atoms with Crippen molar-refractivity contribution in [2.45, 2.75) is 6.61 Å². The molecule has 0 amide bonds. The Balaban J connectivity index is 1.44. The van der Waals surface area contributed by atoms with Gasteiger partial charge in [-0.25, -0.2) is 0 Å². The number of nitrogens with zero attached hydrogens (tertiary/aromatic N) is 4. The normalized spacial score (nSPS) is 11.1. The van der Waals surface area contributed by atoms with Crippen molar-refractivity contribution in [1.29, 1.82) is 0 Å². The van der Waals surface area contributed by atoms with E-state index in [4.69, 9.17) is 4.74 Å². The van der Waals surface area contributed by atoms with E-state index in [1.165, 1.54) is 0 Å². The number of H-pyrrole nitrogens is 1. The van der Waals surface area contributed by atoms with Gasteiger partial charge in [0.15, 0.2) is 5.82 Å². The zero-order valence-electron chi connectivity index (χ0n) is 13.9. The summed E-state index contributed by atoms with van der Waals surface area (Å²) in [6.07, 6.45) is 3.38. The number of hydrogen-bond acceptors (Lipinski definition) is 5. The molecule has 0 bridgehead atoms. The van der Waals surface area contributed by atoms with Crippen LogP contribution in [0.1, 0.15) is 11.1 Å². The van der Waals surface area contributed by atoms with E-state index in [0.717, 1.165) is 22.5 Å². The molecule has 128 valence electrons. The highest BCUT2D eigenvalue weighted by Crippen LogP contribution is 2.17. The van der Waals surface area contributed by atoms with Crippen LogP contribution in [0.4, 0.5) is 5.82 Å². The lowest BCUT2D eigenvalue weighted by atomic mass is 10.2. The summed E-state index contributed by atoms with van der Waals surface area (Å²) in [6, 6.07) is 21.5. The third-order valence-electron chi connectivity index (χ3n) is 3.74. The molecule has 7 nitrogen and oxygen atoms in total. The van der Waals surface area contributed by atoms with Gasteiger partial charge in [0.1, 0.15) is 12.4 Å². The Bertz CT molecular complexity index is 1030. The zero-order chi connectivity index (χ0) is 17.6. The molecule has 26 heavy (non-hydrogen) atoms. The van der Waals surface area contributed by atoms with E-state index in [1.807, 2.05) is 66.7 Å². The van der Waals surface area contributed by atoms with Crippen molar-refractivity contribution in [2.75, 3.05) is 5.43 Å². The van der Waals surface area contributed by atoms with E-state index in [1.54, 1.807) is 17.1 Å². The van der Waals surface area contributed by atoms with E-state index in [0.29, 0.717) is 12.4 Å². The fraction of sp³-hybridized carbons (Fsp3) is 0.0526. The molecule has 0 fully saturated rings. The number of hydrogen-bond donors (Lipinski definition) is 2. The van der Waals surface area contributed by atoms with Crippen molar-refractivity contribution in [3.63, 3.8) is 0 Å². The standard InChI is InChI=1S/C19H16N6O/c1-2-6-15(7-3-1)13-26-17-9-5-4-8-16(17)12-20-22-18-10-11-19-23-21-14-25(19)24-18/h1-12,14H,13H2,(H,22,24)/p+1. The molecule has 0 saturated carbocycles. The Morgan fingerprint density at radius 2 is 1.88 bits per heavy atom. The minimum absolute atomic E-state index is 0.508. The first-order chi connectivity index (χ1) is 12.9. The lowest BCUT2D eigenvalue weighted by Crippen LogP contribution is -2.24. The summed E-state index contributed by atoms with van der Waals surface area (Å²) in [7, 11) is 0. The van der Waals surface area contributed by atoms with Crippen molar-refractivity contribution in [2.24, 2.45) is 5.10 Å². The molecule has 2 aromatic carbocycles. The number of para-hydroxylation sites is 1. The van der Waals surface area contributed by atoms with Gasteiger partial charge in [0.25, 0.3) is 0 Å². The lowest BCUT2D eigenvalue weighted by Gasteiger charge is -2.08. The van der Waals surface area contributed by atoms with Gasteiger partial charge in [0.05, 0.1) is 6.21 Å². The number of benzene rings is 2. The number of aromatic nitrogens is 4. The Kier molecular flexibility index (Phi) is 4.51. The van der Waals surface area contributed by atoms with Gasteiger partial charge < -0.3 is 4.74 Å². The highest BCUT2D eigenvalue weighted by atomic mass is 16.5. The fourth-order valence-electron chi connectivity index (χ4n) is 2.45. The number of fused-ring (bicyclic) bond motifs is 1. The van der Waals surface area contributed by atoms with Crippen LogP contribution in [0.15, 0.2) is 78.2 Å². The minimum atomic E-state index is 0.508. The molecule has 7 heteroatoms. The van der Waals surface area contributed by atoms with Crippen LogP contribution >= 0.6 is 0 Å². The molecule has 4 rings (SSSR count). The summed E-state index contributed by atoms with van der Waals surface area (Å²) in [5.41, 5.74) is 5.65. The second-order valence-corrected chi connectivity index (χ2v) is 5.57. The van der Waals surface area contributed by atoms with Crippen LogP contribution in [0.3, 0.4) is 0 Å². The quantitative estimate of drug-likeness (QED) is 0.320. The Morgan fingerprint density at radius 3 is 2.81 bits per heavy atom. The monoisotopic (exact) mass is 345 g/mol. The second kappa shape index (κ2) is 7.43. The van der Waals surface area contributed by atoms with Crippen molar-refractivity contribution in [3.8, 4) is 5.75 Å². The summed E-state index contributed by atoms with van der Waals surface area (Å²) in [5, 5.41) is 15.4. The first-order valence-electron chi connectivity index (χ1n) is 8.16. The SMILES string of the molecule is C(=NNc1ccc2n[nH]c[n+]2n1)c1ccccc1OCc1ccccc1. The highest BCUT2D eigenvalue weighted by Gasteiger charge is 2.05. The van der Waals surface area contributed by atoms with E-state index in [9.17, 15) is 0 Å². The van der Waals surface area contributed by atoms with Gasteiger partial charge in [0.2, 0.25) is 6.33 Å². The topological polar surface area (TPSA) is 79.3 Å². The summed E-state index contributed by atoms with van der Waals surface area (Å²) >= 11 is 0. The Morgan fingerprint density at radius 1 is 1.04 bits per heavy atom. The predicted octanol–water partition coefficient (Wildman–Crippen LogP) is 2.57. The van der Waals surface area contributed by atoms with Gasteiger partial charge in [-0.3, -0.25) is 5.43 Å². The maximum atomic E-state index is 5.92. The van der Waals surface area contributed by atoms with Gasteiger partial charge >= 0.3 is 5.65 Å². The van der Waals surface area contributed by atoms with Crippen LogP contribution in [-0.4, -0.2) is 21.5 Å². The second-order valence-electron chi connectivity index (χ2n) is 5.57. The van der Waals surface area contributed by atoms with Crippen LogP contribution in [0.2, 0.25) is 0 Å². The molecule has 0 aliphatic rings. The van der Waals surface area contributed by atoms with E-state index < -0.39 is 0 Å². The smallest absolute Gasteiger partial charge is 0.325 e. The zero-order valence-corrected chi connectivity index (χ0v) is 13.9. The van der Waals surface area contributed by atoms with Gasteiger partial charge in [-0.2, -0.15) is 5.10 Å². The molecule has 2 heterocycles. The average molecular weight is 345 g/mol. The molecule has 0 unspecified atom stereocenters. The summed E-state index contributed by atoms with van der Waals surface area (Å²) in [4.78, 5) is 0. The van der Waals surface area contributed by atoms with Crippen LogP contribution in [0, 0.1) is 0 Å². The molecular formula is C19H17N6O+. The van der Waals surface area contributed by atoms with Crippen molar-refractivity contribution < 1.29 is 9.25 Å². The molecule has 0 atom stereocenters.